The summed E-state index contributed by atoms with van der Waals surface area (Å²) in [6.45, 7) is 1.26. The van der Waals surface area contributed by atoms with Crippen molar-refractivity contribution in [3.05, 3.63) is 29.8 Å². The summed E-state index contributed by atoms with van der Waals surface area (Å²) < 4.78 is 33.7. The van der Waals surface area contributed by atoms with Gasteiger partial charge in [-0.15, -0.1) is 0 Å². The fourth-order valence-corrected chi connectivity index (χ4v) is 2.09. The normalized spacial score (nSPS) is 21.7. The molecule has 1 N–H and O–H groups in total. The molecule has 6 heteroatoms. The molecule has 1 aliphatic heterocycles. The van der Waals surface area contributed by atoms with Gasteiger partial charge in [-0.2, -0.15) is 8.78 Å². The molecular formula is C13H15F2NO3. The maximum atomic E-state index is 12.2. The maximum absolute atomic E-state index is 12.2. The Bertz CT molecular complexity index is 477. The smallest absolute Gasteiger partial charge is 0.407 e. The third-order valence-electron chi connectivity index (χ3n) is 3.04. The fraction of sp³-hybridized carbons (Fsp3) is 0.462. The molecule has 1 saturated heterocycles. The van der Waals surface area contributed by atoms with Crippen molar-refractivity contribution in [2.45, 2.75) is 26.5 Å². The number of carbonyl (C=O) groups is 1. The van der Waals surface area contributed by atoms with Crippen LogP contribution in [0.5, 0.6) is 5.75 Å². The van der Waals surface area contributed by atoms with Gasteiger partial charge in [-0.25, -0.2) is 4.79 Å². The van der Waals surface area contributed by atoms with E-state index < -0.39 is 12.7 Å². The summed E-state index contributed by atoms with van der Waals surface area (Å²) >= 11 is 0. The van der Waals surface area contributed by atoms with Gasteiger partial charge in [0.25, 0.3) is 0 Å². The van der Waals surface area contributed by atoms with Gasteiger partial charge in [-0.05, 0) is 17.7 Å². The number of carbonyl (C=O) groups excluding carboxylic acids is 1. The molecule has 0 unspecified atom stereocenters. The standard InChI is InChI=1S/C13H15F2NO3/c1-13(2)7-18-12(17)16-10(13)8-4-3-5-9(6-8)19-11(14)15/h3-6,10-11H,7H2,1-2H3,(H,16,17)/t10-/m0/s1. The lowest BCUT2D eigenvalue weighted by Crippen LogP contribution is -2.46. The molecule has 1 aliphatic rings. The average molecular weight is 271 g/mol. The van der Waals surface area contributed by atoms with Crippen LogP contribution in [0.3, 0.4) is 0 Å². The SMILES string of the molecule is CC1(C)COC(=O)N[C@H]1c1cccc(OC(F)F)c1. The van der Waals surface area contributed by atoms with E-state index in [0.717, 1.165) is 0 Å². The molecule has 0 aliphatic carbocycles. The van der Waals surface area contributed by atoms with Gasteiger partial charge >= 0.3 is 12.7 Å². The Morgan fingerprint density at radius 2 is 2.21 bits per heavy atom. The molecule has 0 aromatic heterocycles. The fourth-order valence-electron chi connectivity index (χ4n) is 2.09. The van der Waals surface area contributed by atoms with Gasteiger partial charge < -0.3 is 14.8 Å². The molecule has 1 fully saturated rings. The minimum Gasteiger partial charge on any atom is -0.449 e. The molecule has 2 rings (SSSR count). The lowest BCUT2D eigenvalue weighted by Gasteiger charge is -2.38. The van der Waals surface area contributed by atoms with Crippen molar-refractivity contribution >= 4 is 6.09 Å². The Kier molecular flexibility index (Phi) is 3.59. The second kappa shape index (κ2) is 5.03. The molecule has 104 valence electrons. The monoisotopic (exact) mass is 271 g/mol. The van der Waals surface area contributed by atoms with Crippen LogP contribution in [-0.2, 0) is 4.74 Å². The number of amides is 1. The number of alkyl halides is 2. The van der Waals surface area contributed by atoms with Gasteiger partial charge in [0.2, 0.25) is 0 Å². The lowest BCUT2D eigenvalue weighted by atomic mass is 9.80. The van der Waals surface area contributed by atoms with E-state index in [1.165, 1.54) is 12.1 Å². The highest BCUT2D eigenvalue weighted by Gasteiger charge is 2.37. The predicted octanol–water partition coefficient (Wildman–Crippen LogP) is 3.10. The Hall–Kier alpha value is -1.85. The van der Waals surface area contributed by atoms with Crippen LogP contribution < -0.4 is 10.1 Å². The molecule has 1 amide bonds. The van der Waals surface area contributed by atoms with Crippen LogP contribution in [0.15, 0.2) is 24.3 Å². The van der Waals surface area contributed by atoms with E-state index >= 15 is 0 Å². The highest BCUT2D eigenvalue weighted by Crippen LogP contribution is 2.37. The zero-order valence-corrected chi connectivity index (χ0v) is 10.7. The van der Waals surface area contributed by atoms with Crippen LogP contribution in [0, 0.1) is 5.41 Å². The quantitative estimate of drug-likeness (QED) is 0.919. The van der Waals surface area contributed by atoms with Crippen molar-refractivity contribution in [2.75, 3.05) is 6.61 Å². The number of nitrogens with one attached hydrogen (secondary N) is 1. The first kappa shape index (κ1) is 13.6. The molecule has 0 radical (unpaired) electrons. The molecule has 1 atom stereocenters. The molecule has 4 nitrogen and oxygen atoms in total. The van der Waals surface area contributed by atoms with E-state index in [4.69, 9.17) is 4.74 Å². The van der Waals surface area contributed by atoms with E-state index in [2.05, 4.69) is 10.1 Å². The van der Waals surface area contributed by atoms with Crippen molar-refractivity contribution < 1.29 is 23.0 Å². The summed E-state index contributed by atoms with van der Waals surface area (Å²) in [5, 5.41) is 2.70. The molecule has 19 heavy (non-hydrogen) atoms. The van der Waals surface area contributed by atoms with Crippen molar-refractivity contribution in [1.82, 2.24) is 5.32 Å². The third-order valence-corrected chi connectivity index (χ3v) is 3.04. The number of ether oxygens (including phenoxy) is 2. The summed E-state index contributed by atoms with van der Waals surface area (Å²) in [5.74, 6) is 0.0732. The molecule has 1 heterocycles. The van der Waals surface area contributed by atoms with Crippen molar-refractivity contribution in [3.63, 3.8) is 0 Å². The highest BCUT2D eigenvalue weighted by atomic mass is 19.3. The Balaban J connectivity index is 2.26. The van der Waals surface area contributed by atoms with Gasteiger partial charge in [-0.3, -0.25) is 0 Å². The number of cyclic esters (lactones) is 1. The van der Waals surface area contributed by atoms with Crippen LogP contribution in [0.2, 0.25) is 0 Å². The second-order valence-electron chi connectivity index (χ2n) is 5.09. The Morgan fingerprint density at radius 3 is 2.89 bits per heavy atom. The molecule has 1 aromatic carbocycles. The molecule has 1 aromatic rings. The zero-order valence-electron chi connectivity index (χ0n) is 10.7. The maximum Gasteiger partial charge on any atom is 0.407 e. The van der Waals surface area contributed by atoms with Crippen LogP contribution >= 0.6 is 0 Å². The number of halogens is 2. The van der Waals surface area contributed by atoms with Crippen molar-refractivity contribution in [2.24, 2.45) is 5.41 Å². The van der Waals surface area contributed by atoms with Crippen LogP contribution in [0.1, 0.15) is 25.5 Å². The molecule has 0 saturated carbocycles. The van der Waals surface area contributed by atoms with Crippen molar-refractivity contribution in [1.29, 1.82) is 0 Å². The van der Waals surface area contributed by atoms with Gasteiger partial charge in [0.05, 0.1) is 6.04 Å². The highest BCUT2D eigenvalue weighted by molar-refractivity contribution is 5.69. The first-order valence-corrected chi connectivity index (χ1v) is 5.86. The van der Waals surface area contributed by atoms with Crippen LogP contribution in [0.25, 0.3) is 0 Å². The number of hydrogen-bond donors (Lipinski definition) is 1. The molecule has 0 spiro atoms. The summed E-state index contributed by atoms with van der Waals surface area (Å²) in [4.78, 5) is 11.3. The average Bonchev–Trinajstić information content (AvgIpc) is 2.32. The summed E-state index contributed by atoms with van der Waals surface area (Å²) in [7, 11) is 0. The van der Waals surface area contributed by atoms with Gasteiger partial charge in [0.1, 0.15) is 12.4 Å². The zero-order chi connectivity index (χ0) is 14.0. The van der Waals surface area contributed by atoms with Gasteiger partial charge in [-0.1, -0.05) is 26.0 Å². The number of benzene rings is 1. The van der Waals surface area contributed by atoms with Gasteiger partial charge in [0, 0.05) is 5.41 Å². The summed E-state index contributed by atoms with van der Waals surface area (Å²) in [6.07, 6.45) is -0.510. The number of alkyl carbamates (subject to hydrolysis) is 1. The first-order chi connectivity index (χ1) is 8.88. The minimum atomic E-state index is -2.87. The van der Waals surface area contributed by atoms with E-state index in [1.54, 1.807) is 12.1 Å². The minimum absolute atomic E-state index is 0.0732. The van der Waals surface area contributed by atoms with Crippen LogP contribution in [0.4, 0.5) is 13.6 Å². The Morgan fingerprint density at radius 1 is 1.47 bits per heavy atom. The van der Waals surface area contributed by atoms with E-state index in [-0.39, 0.29) is 23.8 Å². The lowest BCUT2D eigenvalue weighted by molar-refractivity contribution is -0.0500. The summed E-state index contributed by atoms with van der Waals surface area (Å²) in [6, 6.07) is 6.02. The van der Waals surface area contributed by atoms with Crippen molar-refractivity contribution in [3.8, 4) is 5.75 Å². The number of rotatable bonds is 3. The third kappa shape index (κ3) is 3.13. The summed E-state index contributed by atoms with van der Waals surface area (Å²) in [5.41, 5.74) is 0.372. The largest absolute Gasteiger partial charge is 0.449 e. The van der Waals surface area contributed by atoms with Crippen LogP contribution in [-0.4, -0.2) is 19.3 Å². The Labute approximate surface area is 109 Å². The first-order valence-electron chi connectivity index (χ1n) is 5.86. The molecular weight excluding hydrogens is 256 g/mol. The number of hydrogen-bond acceptors (Lipinski definition) is 3. The van der Waals surface area contributed by atoms with E-state index in [9.17, 15) is 13.6 Å². The van der Waals surface area contributed by atoms with Gasteiger partial charge in [0.15, 0.2) is 0 Å². The molecule has 0 bridgehead atoms. The van der Waals surface area contributed by atoms with E-state index in [1.807, 2.05) is 13.8 Å². The predicted molar refractivity (Wildman–Crippen MR) is 64.1 cm³/mol. The second-order valence-corrected chi connectivity index (χ2v) is 5.09. The van der Waals surface area contributed by atoms with E-state index in [0.29, 0.717) is 5.56 Å². The topological polar surface area (TPSA) is 47.6 Å².